The lowest BCUT2D eigenvalue weighted by molar-refractivity contribution is 0.682. The zero-order valence-electron chi connectivity index (χ0n) is 11.9. The van der Waals surface area contributed by atoms with E-state index in [9.17, 15) is 0 Å². The summed E-state index contributed by atoms with van der Waals surface area (Å²) >= 11 is 0. The van der Waals surface area contributed by atoms with Crippen LogP contribution in [0.1, 0.15) is 29.2 Å². The fourth-order valence-electron chi connectivity index (χ4n) is 2.40. The first-order valence-electron chi connectivity index (χ1n) is 7.12. The lowest BCUT2D eigenvalue weighted by Crippen LogP contribution is -2.17. The molecular formula is C18H23N. The van der Waals surface area contributed by atoms with Crippen LogP contribution in [0.3, 0.4) is 0 Å². The second kappa shape index (κ2) is 7.10. The molecule has 0 aromatic heterocycles. The molecule has 0 bridgehead atoms. The van der Waals surface area contributed by atoms with Crippen LogP contribution in [0, 0.1) is 6.92 Å². The molecule has 0 atom stereocenters. The molecule has 19 heavy (non-hydrogen) atoms. The average Bonchev–Trinajstić information content (AvgIpc) is 2.44. The van der Waals surface area contributed by atoms with Gasteiger partial charge in [-0.2, -0.15) is 0 Å². The van der Waals surface area contributed by atoms with E-state index in [2.05, 4.69) is 67.7 Å². The van der Waals surface area contributed by atoms with E-state index in [0.29, 0.717) is 0 Å². The molecule has 0 aliphatic heterocycles. The lowest BCUT2D eigenvalue weighted by atomic mass is 10.1. The van der Waals surface area contributed by atoms with E-state index in [0.717, 1.165) is 25.9 Å². The smallest absolute Gasteiger partial charge is 0.0208 e. The van der Waals surface area contributed by atoms with Crippen molar-refractivity contribution < 1.29 is 0 Å². The van der Waals surface area contributed by atoms with Crippen molar-refractivity contribution in [2.45, 2.75) is 33.2 Å². The predicted octanol–water partition coefficient (Wildman–Crippen LogP) is 3.89. The van der Waals surface area contributed by atoms with Gasteiger partial charge in [0.2, 0.25) is 0 Å². The third kappa shape index (κ3) is 4.22. The molecule has 0 heterocycles. The molecule has 2 aromatic carbocycles. The minimum absolute atomic E-state index is 0.968. The topological polar surface area (TPSA) is 12.0 Å². The first kappa shape index (κ1) is 13.8. The Morgan fingerprint density at radius 3 is 2.47 bits per heavy atom. The van der Waals surface area contributed by atoms with Gasteiger partial charge in [-0.15, -0.1) is 0 Å². The molecule has 2 aromatic rings. The van der Waals surface area contributed by atoms with Crippen LogP contribution in [0.5, 0.6) is 0 Å². The van der Waals surface area contributed by atoms with E-state index in [1.807, 2.05) is 0 Å². The quantitative estimate of drug-likeness (QED) is 0.770. The minimum Gasteiger partial charge on any atom is -0.312 e. The molecule has 100 valence electrons. The zero-order chi connectivity index (χ0) is 13.5. The lowest BCUT2D eigenvalue weighted by Gasteiger charge is -2.09. The van der Waals surface area contributed by atoms with Gasteiger partial charge in [0, 0.05) is 6.54 Å². The van der Waals surface area contributed by atoms with Crippen LogP contribution in [0.25, 0.3) is 0 Å². The normalized spacial score (nSPS) is 10.6. The number of hydrogen-bond acceptors (Lipinski definition) is 1. The van der Waals surface area contributed by atoms with Crippen LogP contribution in [0.15, 0.2) is 48.5 Å². The van der Waals surface area contributed by atoms with Gasteiger partial charge in [0.25, 0.3) is 0 Å². The third-order valence-corrected chi connectivity index (χ3v) is 3.49. The predicted molar refractivity (Wildman–Crippen MR) is 82.4 cm³/mol. The molecule has 0 saturated heterocycles. The van der Waals surface area contributed by atoms with Crippen molar-refractivity contribution in [1.29, 1.82) is 0 Å². The number of aryl methyl sites for hydroxylation is 2. The molecular weight excluding hydrogens is 230 g/mol. The van der Waals surface area contributed by atoms with E-state index < -0.39 is 0 Å². The summed E-state index contributed by atoms with van der Waals surface area (Å²) in [6.07, 6.45) is 2.20. The molecule has 0 fully saturated rings. The first-order valence-corrected chi connectivity index (χ1v) is 7.12. The zero-order valence-corrected chi connectivity index (χ0v) is 11.9. The summed E-state index contributed by atoms with van der Waals surface area (Å²) in [6.45, 7) is 6.36. The summed E-state index contributed by atoms with van der Waals surface area (Å²) in [6, 6.07) is 17.4. The first-order chi connectivity index (χ1) is 9.29. The van der Waals surface area contributed by atoms with E-state index in [4.69, 9.17) is 0 Å². The Hall–Kier alpha value is -1.60. The van der Waals surface area contributed by atoms with Crippen LogP contribution >= 0.6 is 0 Å². The Labute approximate surface area is 116 Å². The third-order valence-electron chi connectivity index (χ3n) is 3.49. The highest BCUT2D eigenvalue weighted by Gasteiger charge is 1.99. The highest BCUT2D eigenvalue weighted by atomic mass is 14.8. The average molecular weight is 253 g/mol. The summed E-state index contributed by atoms with van der Waals surface area (Å²) in [7, 11) is 0. The molecule has 0 spiro atoms. The van der Waals surface area contributed by atoms with Crippen LogP contribution in [-0.4, -0.2) is 6.54 Å². The standard InChI is InChI=1S/C18H23N/c1-3-17-9-4-5-10-18(17)14-19-12-11-16-8-6-7-15(2)13-16/h4-10,13,19H,3,11-12,14H2,1-2H3. The molecule has 0 radical (unpaired) electrons. The minimum atomic E-state index is 0.968. The van der Waals surface area contributed by atoms with Gasteiger partial charge in [-0.25, -0.2) is 0 Å². The van der Waals surface area contributed by atoms with Crippen molar-refractivity contribution in [2.75, 3.05) is 6.54 Å². The van der Waals surface area contributed by atoms with E-state index >= 15 is 0 Å². The van der Waals surface area contributed by atoms with Crippen molar-refractivity contribution >= 4 is 0 Å². The molecule has 1 nitrogen and oxygen atoms in total. The molecule has 1 N–H and O–H groups in total. The molecule has 0 unspecified atom stereocenters. The Morgan fingerprint density at radius 1 is 0.947 bits per heavy atom. The van der Waals surface area contributed by atoms with Gasteiger partial charge in [-0.3, -0.25) is 0 Å². The SMILES string of the molecule is CCc1ccccc1CNCCc1cccc(C)c1. The van der Waals surface area contributed by atoms with Gasteiger partial charge >= 0.3 is 0 Å². The number of benzene rings is 2. The van der Waals surface area contributed by atoms with Crippen LogP contribution < -0.4 is 5.32 Å². The highest BCUT2D eigenvalue weighted by Crippen LogP contribution is 2.09. The van der Waals surface area contributed by atoms with Gasteiger partial charge in [-0.05, 0) is 43.0 Å². The molecule has 2 rings (SSSR count). The van der Waals surface area contributed by atoms with Crippen LogP contribution in [-0.2, 0) is 19.4 Å². The van der Waals surface area contributed by atoms with Gasteiger partial charge in [0.1, 0.15) is 0 Å². The van der Waals surface area contributed by atoms with Crippen molar-refractivity contribution in [1.82, 2.24) is 5.32 Å². The van der Waals surface area contributed by atoms with Gasteiger partial charge < -0.3 is 5.32 Å². The van der Waals surface area contributed by atoms with Crippen molar-refractivity contribution in [3.05, 3.63) is 70.8 Å². The summed E-state index contributed by atoms with van der Waals surface area (Å²) in [4.78, 5) is 0. The Morgan fingerprint density at radius 2 is 1.74 bits per heavy atom. The fourth-order valence-corrected chi connectivity index (χ4v) is 2.40. The van der Waals surface area contributed by atoms with E-state index in [1.165, 1.54) is 22.3 Å². The second-order valence-corrected chi connectivity index (χ2v) is 5.04. The van der Waals surface area contributed by atoms with E-state index in [1.54, 1.807) is 0 Å². The maximum atomic E-state index is 3.54. The van der Waals surface area contributed by atoms with Gasteiger partial charge in [0.15, 0.2) is 0 Å². The summed E-state index contributed by atoms with van der Waals surface area (Å²) in [5.74, 6) is 0. The number of hydrogen-bond donors (Lipinski definition) is 1. The van der Waals surface area contributed by atoms with Crippen LogP contribution in [0.2, 0.25) is 0 Å². The molecule has 0 aliphatic carbocycles. The van der Waals surface area contributed by atoms with Gasteiger partial charge in [0.05, 0.1) is 0 Å². The second-order valence-electron chi connectivity index (χ2n) is 5.04. The fraction of sp³-hybridized carbons (Fsp3) is 0.333. The summed E-state index contributed by atoms with van der Waals surface area (Å²) in [5.41, 5.74) is 5.63. The summed E-state index contributed by atoms with van der Waals surface area (Å²) < 4.78 is 0. The van der Waals surface area contributed by atoms with Crippen molar-refractivity contribution in [3.63, 3.8) is 0 Å². The largest absolute Gasteiger partial charge is 0.312 e. The van der Waals surface area contributed by atoms with E-state index in [-0.39, 0.29) is 0 Å². The molecule has 0 aliphatic rings. The summed E-state index contributed by atoms with van der Waals surface area (Å²) in [5, 5.41) is 3.54. The van der Waals surface area contributed by atoms with Crippen molar-refractivity contribution in [2.24, 2.45) is 0 Å². The number of nitrogens with one attached hydrogen (secondary N) is 1. The highest BCUT2D eigenvalue weighted by molar-refractivity contribution is 5.27. The Bertz CT molecular complexity index is 517. The monoisotopic (exact) mass is 253 g/mol. The molecule has 0 amide bonds. The molecule has 1 heteroatoms. The van der Waals surface area contributed by atoms with Crippen molar-refractivity contribution in [3.8, 4) is 0 Å². The molecule has 0 saturated carbocycles. The maximum absolute atomic E-state index is 3.54. The maximum Gasteiger partial charge on any atom is 0.0208 e. The van der Waals surface area contributed by atoms with Gasteiger partial charge in [-0.1, -0.05) is 61.0 Å². The Kier molecular flexibility index (Phi) is 5.17. The number of rotatable bonds is 6. The Balaban J connectivity index is 1.81. The van der Waals surface area contributed by atoms with Crippen LogP contribution in [0.4, 0.5) is 0 Å².